The van der Waals surface area contributed by atoms with Gasteiger partial charge in [-0.15, -0.1) is 5.10 Å². The van der Waals surface area contributed by atoms with Crippen LogP contribution in [0.1, 0.15) is 6.42 Å². The summed E-state index contributed by atoms with van der Waals surface area (Å²) in [5.41, 5.74) is 0. The molecule has 0 fully saturated rings. The van der Waals surface area contributed by atoms with Gasteiger partial charge in [0.15, 0.2) is 4.60 Å². The fraction of sp³-hybridized carbons (Fsp3) is 0.714. The maximum absolute atomic E-state index is 11.9. The van der Waals surface area contributed by atoms with Gasteiger partial charge in [0.2, 0.25) is 15.0 Å². The second-order valence-corrected chi connectivity index (χ2v) is 7.99. The summed E-state index contributed by atoms with van der Waals surface area (Å²) < 4.78 is 51.3. The normalized spacial score (nSPS) is 12.8. The minimum Gasteiger partial charge on any atom is -0.235 e. The van der Waals surface area contributed by atoms with E-state index in [1.807, 2.05) is 0 Å². The van der Waals surface area contributed by atoms with E-state index in [0.29, 0.717) is 6.42 Å². The third kappa shape index (κ3) is 5.14. The smallest absolute Gasteiger partial charge is 0.235 e. The average Bonchev–Trinajstić information content (AvgIpc) is 2.56. The summed E-state index contributed by atoms with van der Waals surface area (Å²) in [6.07, 6.45) is 1.37. The summed E-state index contributed by atoms with van der Waals surface area (Å²) in [6, 6.07) is 0. The van der Waals surface area contributed by atoms with Gasteiger partial charge >= 0.3 is 0 Å². The highest BCUT2D eigenvalue weighted by molar-refractivity contribution is 9.10. The Balaban J connectivity index is 2.54. The van der Waals surface area contributed by atoms with Crippen LogP contribution in [0.25, 0.3) is 0 Å². The van der Waals surface area contributed by atoms with E-state index in [9.17, 15) is 16.8 Å². The van der Waals surface area contributed by atoms with Crippen LogP contribution in [0.4, 0.5) is 0 Å². The number of nitrogens with one attached hydrogen (secondary N) is 2. The topological polar surface area (TPSA) is 123 Å². The van der Waals surface area contributed by atoms with Crippen molar-refractivity contribution < 1.29 is 16.8 Å². The molecule has 1 rings (SSSR count). The Hall–Kier alpha value is -0.560. The minimum absolute atomic E-state index is 0.0800. The lowest BCUT2D eigenvalue weighted by atomic mass is 10.4. The lowest BCUT2D eigenvalue weighted by Crippen LogP contribution is -2.30. The number of aromatic nitrogens is 3. The molecule has 110 valence electrons. The van der Waals surface area contributed by atoms with Crippen molar-refractivity contribution in [3.8, 4) is 0 Å². The Bertz CT molecular complexity index is 619. The highest BCUT2D eigenvalue weighted by atomic mass is 79.9. The Morgan fingerprint density at radius 3 is 2.26 bits per heavy atom. The molecule has 0 amide bonds. The summed E-state index contributed by atoms with van der Waals surface area (Å²) >= 11 is 3.00. The predicted molar refractivity (Wildman–Crippen MR) is 71.4 cm³/mol. The molecule has 1 aromatic rings. The van der Waals surface area contributed by atoms with E-state index in [1.165, 1.54) is 7.05 Å². The van der Waals surface area contributed by atoms with Gasteiger partial charge in [-0.3, -0.25) is 0 Å². The Labute approximate surface area is 120 Å². The summed E-state index contributed by atoms with van der Waals surface area (Å²) in [5.74, 6) is 0. The third-order valence-electron chi connectivity index (χ3n) is 2.00. The summed E-state index contributed by atoms with van der Waals surface area (Å²) in [6.45, 7) is 0.259. The predicted octanol–water partition coefficient (Wildman–Crippen LogP) is -1.20. The molecular weight excluding hydrogens is 362 g/mol. The molecule has 2 N–H and O–H groups in total. The molecule has 9 nitrogen and oxygen atoms in total. The van der Waals surface area contributed by atoms with E-state index >= 15 is 0 Å². The lowest BCUT2D eigenvalue weighted by molar-refractivity contribution is 0.557. The molecule has 0 spiro atoms. The first-order valence-electron chi connectivity index (χ1n) is 5.13. The molecule has 0 radical (unpaired) electrons. The molecule has 1 aromatic heterocycles. The molecule has 0 aliphatic rings. The largest absolute Gasteiger partial charge is 0.260 e. The SMILES string of the molecule is Cn1nnc(Br)c1S(=O)(=O)NCCCNS(C)(=O)=O. The molecule has 0 aliphatic heterocycles. The summed E-state index contributed by atoms with van der Waals surface area (Å²) in [4.78, 5) is 0. The van der Waals surface area contributed by atoms with Crippen molar-refractivity contribution in [1.29, 1.82) is 0 Å². The van der Waals surface area contributed by atoms with E-state index in [4.69, 9.17) is 0 Å². The van der Waals surface area contributed by atoms with Gasteiger partial charge in [-0.1, -0.05) is 5.21 Å². The zero-order valence-electron chi connectivity index (χ0n) is 10.3. The van der Waals surface area contributed by atoms with E-state index in [1.54, 1.807) is 0 Å². The number of aryl methyl sites for hydroxylation is 1. The van der Waals surface area contributed by atoms with E-state index in [0.717, 1.165) is 10.9 Å². The average molecular weight is 376 g/mol. The number of sulfonamides is 2. The number of nitrogens with zero attached hydrogens (tertiary/aromatic N) is 3. The maximum Gasteiger partial charge on any atom is 0.260 e. The van der Waals surface area contributed by atoms with E-state index < -0.39 is 20.0 Å². The zero-order chi connectivity index (χ0) is 14.7. The van der Waals surface area contributed by atoms with E-state index in [-0.39, 0.29) is 22.7 Å². The molecular formula is C7H14BrN5O4S2. The molecule has 0 saturated carbocycles. The van der Waals surface area contributed by atoms with Crippen molar-refractivity contribution in [3.05, 3.63) is 4.60 Å². The minimum atomic E-state index is -3.73. The van der Waals surface area contributed by atoms with Crippen molar-refractivity contribution in [1.82, 2.24) is 24.4 Å². The van der Waals surface area contributed by atoms with Crippen molar-refractivity contribution in [2.45, 2.75) is 11.4 Å². The van der Waals surface area contributed by atoms with Crippen LogP contribution in [0, 0.1) is 0 Å². The first-order chi connectivity index (χ1) is 8.63. The number of rotatable bonds is 7. The molecule has 0 unspecified atom stereocenters. The van der Waals surface area contributed by atoms with Gasteiger partial charge in [-0.2, -0.15) is 0 Å². The van der Waals surface area contributed by atoms with Crippen molar-refractivity contribution in [3.63, 3.8) is 0 Å². The lowest BCUT2D eigenvalue weighted by Gasteiger charge is -2.06. The second kappa shape index (κ2) is 6.26. The van der Waals surface area contributed by atoms with Crippen LogP contribution in [-0.2, 0) is 27.1 Å². The standard InChI is InChI=1S/C7H14BrN5O4S2/c1-13-7(6(8)11-12-13)19(16,17)10-5-3-4-9-18(2,14)15/h9-10H,3-5H2,1-2H3. The van der Waals surface area contributed by atoms with Crippen LogP contribution < -0.4 is 9.44 Å². The first-order valence-corrected chi connectivity index (χ1v) is 9.30. The van der Waals surface area contributed by atoms with E-state index in [2.05, 4.69) is 35.7 Å². The molecule has 19 heavy (non-hydrogen) atoms. The number of halogens is 1. The van der Waals surface area contributed by atoms with Crippen LogP contribution in [0.15, 0.2) is 9.63 Å². The van der Waals surface area contributed by atoms with Crippen LogP contribution in [0.5, 0.6) is 0 Å². The maximum atomic E-state index is 11.9. The van der Waals surface area contributed by atoms with Crippen molar-refractivity contribution in [2.75, 3.05) is 19.3 Å². The molecule has 0 saturated heterocycles. The molecule has 12 heteroatoms. The fourth-order valence-electron chi connectivity index (χ4n) is 1.23. The van der Waals surface area contributed by atoms with Crippen LogP contribution in [-0.4, -0.2) is 51.2 Å². The van der Waals surface area contributed by atoms with Crippen LogP contribution in [0.2, 0.25) is 0 Å². The Morgan fingerprint density at radius 1 is 1.21 bits per heavy atom. The number of hydrogen-bond donors (Lipinski definition) is 2. The monoisotopic (exact) mass is 375 g/mol. The number of hydrogen-bond acceptors (Lipinski definition) is 6. The van der Waals surface area contributed by atoms with Crippen LogP contribution >= 0.6 is 15.9 Å². The van der Waals surface area contributed by atoms with Crippen LogP contribution in [0.3, 0.4) is 0 Å². The van der Waals surface area contributed by atoms with Gasteiger partial charge < -0.3 is 0 Å². The van der Waals surface area contributed by atoms with Gasteiger partial charge in [0, 0.05) is 20.1 Å². The second-order valence-electron chi connectivity index (χ2n) is 3.73. The van der Waals surface area contributed by atoms with Gasteiger partial charge in [-0.05, 0) is 22.4 Å². The molecule has 0 aliphatic carbocycles. The molecule has 0 aromatic carbocycles. The van der Waals surface area contributed by atoms with Gasteiger partial charge in [-0.25, -0.2) is 31.0 Å². The van der Waals surface area contributed by atoms with Gasteiger partial charge in [0.05, 0.1) is 6.26 Å². The Morgan fingerprint density at radius 2 is 1.79 bits per heavy atom. The summed E-state index contributed by atoms with van der Waals surface area (Å²) in [5, 5.41) is 7.07. The summed E-state index contributed by atoms with van der Waals surface area (Å²) in [7, 11) is -5.53. The molecule has 1 heterocycles. The highest BCUT2D eigenvalue weighted by Crippen LogP contribution is 2.17. The quantitative estimate of drug-likeness (QED) is 0.576. The highest BCUT2D eigenvalue weighted by Gasteiger charge is 2.23. The van der Waals surface area contributed by atoms with Gasteiger partial charge in [0.1, 0.15) is 0 Å². The first kappa shape index (κ1) is 16.5. The van der Waals surface area contributed by atoms with Crippen molar-refractivity contribution >= 4 is 36.0 Å². The van der Waals surface area contributed by atoms with Gasteiger partial charge in [0.25, 0.3) is 10.0 Å². The fourth-order valence-corrected chi connectivity index (χ4v) is 3.91. The third-order valence-corrected chi connectivity index (χ3v) is 5.08. The Kier molecular flexibility index (Phi) is 5.43. The van der Waals surface area contributed by atoms with Crippen molar-refractivity contribution in [2.24, 2.45) is 7.05 Å². The zero-order valence-corrected chi connectivity index (χ0v) is 13.5. The molecule has 0 bridgehead atoms. The molecule has 0 atom stereocenters.